The third kappa shape index (κ3) is 4.29. The number of nitrogens with two attached hydrogens (primary N) is 1. The van der Waals surface area contributed by atoms with Gasteiger partial charge in [-0.25, -0.2) is 4.39 Å². The molecule has 1 unspecified atom stereocenters. The van der Waals surface area contributed by atoms with Crippen LogP contribution in [0.25, 0.3) is 0 Å². The monoisotopic (exact) mass is 337 g/mol. The van der Waals surface area contributed by atoms with E-state index in [9.17, 15) is 18.8 Å². The van der Waals surface area contributed by atoms with Crippen LogP contribution < -0.4 is 11.1 Å². The van der Waals surface area contributed by atoms with Crippen molar-refractivity contribution in [2.24, 2.45) is 5.73 Å². The Hall–Kier alpha value is -2.48. The van der Waals surface area contributed by atoms with Gasteiger partial charge in [-0.15, -0.1) is 0 Å². The van der Waals surface area contributed by atoms with Crippen LogP contribution in [-0.4, -0.2) is 54.5 Å². The highest BCUT2D eigenvalue weighted by atomic mass is 19.1. The van der Waals surface area contributed by atoms with Crippen LogP contribution in [0.15, 0.2) is 24.3 Å². The Morgan fingerprint density at radius 3 is 2.62 bits per heavy atom. The molecular weight excluding hydrogens is 317 g/mol. The second kappa shape index (κ2) is 7.87. The van der Waals surface area contributed by atoms with Gasteiger partial charge in [-0.05, 0) is 19.1 Å². The number of hydrogen-bond acceptors (Lipinski definition) is 4. The minimum absolute atomic E-state index is 0.0459. The quantitative estimate of drug-likeness (QED) is 0.734. The van der Waals surface area contributed by atoms with Gasteiger partial charge in [0.25, 0.3) is 5.91 Å². The summed E-state index contributed by atoms with van der Waals surface area (Å²) < 4.78 is 19.0. The molecule has 1 fully saturated rings. The lowest BCUT2D eigenvalue weighted by Gasteiger charge is -2.40. The predicted octanol–water partition coefficient (Wildman–Crippen LogP) is 0.0468. The standard InChI is InChI=1S/C16H20FN3O4/c1-2-24-10-8-20(9-10)16(23)13(7-14(18)21)19-15(22)11-5-3-4-6-12(11)17/h3-6,10,13H,2,7-9H2,1H3,(H2,18,21)(H,19,22). The number of hydrogen-bond donors (Lipinski definition) is 2. The second-order valence-corrected chi connectivity index (χ2v) is 5.50. The molecule has 7 nitrogen and oxygen atoms in total. The van der Waals surface area contributed by atoms with Crippen LogP contribution in [0.1, 0.15) is 23.7 Å². The van der Waals surface area contributed by atoms with Crippen LogP contribution in [0.2, 0.25) is 0 Å². The molecule has 1 heterocycles. The normalized spacial score (nSPS) is 15.5. The fourth-order valence-electron chi connectivity index (χ4n) is 2.46. The van der Waals surface area contributed by atoms with Crippen molar-refractivity contribution in [1.82, 2.24) is 10.2 Å². The third-order valence-electron chi connectivity index (χ3n) is 3.69. The first kappa shape index (κ1) is 17.9. The maximum Gasteiger partial charge on any atom is 0.254 e. The molecule has 3 N–H and O–H groups in total. The van der Waals surface area contributed by atoms with Gasteiger partial charge in [-0.2, -0.15) is 0 Å². The van der Waals surface area contributed by atoms with Crippen molar-refractivity contribution >= 4 is 17.7 Å². The average Bonchev–Trinajstić information content (AvgIpc) is 2.49. The summed E-state index contributed by atoms with van der Waals surface area (Å²) in [5, 5.41) is 2.39. The maximum atomic E-state index is 13.7. The highest BCUT2D eigenvalue weighted by Gasteiger charge is 2.36. The zero-order valence-corrected chi connectivity index (χ0v) is 13.3. The molecule has 0 aliphatic carbocycles. The van der Waals surface area contributed by atoms with Gasteiger partial charge >= 0.3 is 0 Å². The number of likely N-dealkylation sites (tertiary alicyclic amines) is 1. The summed E-state index contributed by atoms with van der Waals surface area (Å²) in [4.78, 5) is 37.2. The highest BCUT2D eigenvalue weighted by Crippen LogP contribution is 2.15. The van der Waals surface area contributed by atoms with Gasteiger partial charge in [0, 0.05) is 19.7 Å². The maximum absolute atomic E-state index is 13.7. The van der Waals surface area contributed by atoms with E-state index in [0.29, 0.717) is 19.7 Å². The molecule has 1 aromatic rings. The molecule has 130 valence electrons. The molecule has 1 atom stereocenters. The fourth-order valence-corrected chi connectivity index (χ4v) is 2.46. The first-order valence-corrected chi connectivity index (χ1v) is 7.66. The van der Waals surface area contributed by atoms with Crippen molar-refractivity contribution in [3.8, 4) is 0 Å². The molecule has 0 bridgehead atoms. The number of ether oxygens (including phenoxy) is 1. The second-order valence-electron chi connectivity index (χ2n) is 5.50. The van der Waals surface area contributed by atoms with Gasteiger partial charge in [0.2, 0.25) is 11.8 Å². The summed E-state index contributed by atoms with van der Waals surface area (Å²) in [5.41, 5.74) is 4.95. The molecule has 0 aromatic heterocycles. The number of carbonyl (C=O) groups excluding carboxylic acids is 3. The Balaban J connectivity index is 2.03. The van der Waals surface area contributed by atoms with E-state index in [-0.39, 0.29) is 18.1 Å². The third-order valence-corrected chi connectivity index (χ3v) is 3.69. The molecule has 0 saturated carbocycles. The smallest absolute Gasteiger partial charge is 0.254 e. The zero-order chi connectivity index (χ0) is 17.7. The van der Waals surface area contributed by atoms with Crippen LogP contribution >= 0.6 is 0 Å². The van der Waals surface area contributed by atoms with E-state index in [1.54, 1.807) is 0 Å². The predicted molar refractivity (Wildman–Crippen MR) is 83.5 cm³/mol. The lowest BCUT2D eigenvalue weighted by Crippen LogP contribution is -2.60. The molecule has 0 spiro atoms. The van der Waals surface area contributed by atoms with E-state index >= 15 is 0 Å². The summed E-state index contributed by atoms with van der Waals surface area (Å²) >= 11 is 0. The van der Waals surface area contributed by atoms with Crippen LogP contribution in [0.3, 0.4) is 0 Å². The summed E-state index contributed by atoms with van der Waals surface area (Å²) in [7, 11) is 0. The Morgan fingerprint density at radius 1 is 1.38 bits per heavy atom. The average molecular weight is 337 g/mol. The molecule has 1 aromatic carbocycles. The molecule has 24 heavy (non-hydrogen) atoms. The summed E-state index contributed by atoms with van der Waals surface area (Å²) in [6, 6.07) is 4.27. The SMILES string of the molecule is CCOC1CN(C(=O)C(CC(N)=O)NC(=O)c2ccccc2F)C1. The van der Waals surface area contributed by atoms with Crippen molar-refractivity contribution in [1.29, 1.82) is 0 Å². The number of rotatable bonds is 7. The number of nitrogens with one attached hydrogen (secondary N) is 1. The first-order chi connectivity index (χ1) is 11.4. The van der Waals surface area contributed by atoms with Crippen molar-refractivity contribution in [3.05, 3.63) is 35.6 Å². The van der Waals surface area contributed by atoms with Gasteiger partial charge in [0.1, 0.15) is 11.9 Å². The first-order valence-electron chi connectivity index (χ1n) is 7.66. The van der Waals surface area contributed by atoms with E-state index < -0.39 is 29.6 Å². The molecular formula is C16H20FN3O4. The Morgan fingerprint density at radius 2 is 2.04 bits per heavy atom. The molecule has 8 heteroatoms. The number of primary amides is 1. The summed E-state index contributed by atoms with van der Waals surface area (Å²) in [6.45, 7) is 3.17. The van der Waals surface area contributed by atoms with Crippen molar-refractivity contribution in [3.63, 3.8) is 0 Å². The molecule has 1 aliphatic rings. The molecule has 0 radical (unpaired) electrons. The van der Waals surface area contributed by atoms with E-state index in [1.165, 1.54) is 23.1 Å². The van der Waals surface area contributed by atoms with Gasteiger partial charge in [-0.3, -0.25) is 14.4 Å². The molecule has 2 rings (SSSR count). The number of amides is 3. The number of nitrogens with zero attached hydrogens (tertiary/aromatic N) is 1. The lowest BCUT2D eigenvalue weighted by molar-refractivity contribution is -0.147. The number of benzene rings is 1. The van der Waals surface area contributed by atoms with E-state index in [2.05, 4.69) is 5.32 Å². The van der Waals surface area contributed by atoms with Gasteiger partial charge in [0.15, 0.2) is 0 Å². The van der Waals surface area contributed by atoms with Gasteiger partial charge in [-0.1, -0.05) is 12.1 Å². The van der Waals surface area contributed by atoms with Crippen LogP contribution in [-0.2, 0) is 14.3 Å². The highest BCUT2D eigenvalue weighted by molar-refractivity contribution is 5.99. The zero-order valence-electron chi connectivity index (χ0n) is 13.3. The Labute approximate surface area is 138 Å². The van der Waals surface area contributed by atoms with Gasteiger partial charge in [0.05, 0.1) is 18.1 Å². The van der Waals surface area contributed by atoms with Crippen LogP contribution in [0, 0.1) is 5.82 Å². The van der Waals surface area contributed by atoms with E-state index in [4.69, 9.17) is 10.5 Å². The number of carbonyl (C=O) groups is 3. The van der Waals surface area contributed by atoms with Crippen molar-refractivity contribution in [2.75, 3.05) is 19.7 Å². The van der Waals surface area contributed by atoms with Gasteiger partial charge < -0.3 is 20.7 Å². The lowest BCUT2D eigenvalue weighted by atomic mass is 10.1. The topological polar surface area (TPSA) is 102 Å². The number of halogens is 1. The Bertz CT molecular complexity index is 632. The largest absolute Gasteiger partial charge is 0.375 e. The minimum atomic E-state index is -1.13. The molecule has 1 saturated heterocycles. The van der Waals surface area contributed by atoms with Crippen molar-refractivity contribution in [2.45, 2.75) is 25.5 Å². The molecule has 1 aliphatic heterocycles. The van der Waals surface area contributed by atoms with E-state index in [1.807, 2.05) is 6.92 Å². The van der Waals surface area contributed by atoms with Crippen LogP contribution in [0.4, 0.5) is 4.39 Å². The molecule has 3 amide bonds. The minimum Gasteiger partial charge on any atom is -0.375 e. The Kier molecular flexibility index (Phi) is 5.86. The van der Waals surface area contributed by atoms with Crippen LogP contribution in [0.5, 0.6) is 0 Å². The fraction of sp³-hybridized carbons (Fsp3) is 0.438. The van der Waals surface area contributed by atoms with E-state index in [0.717, 1.165) is 6.07 Å². The van der Waals surface area contributed by atoms with Crippen molar-refractivity contribution < 1.29 is 23.5 Å². The summed E-state index contributed by atoms with van der Waals surface area (Å²) in [5.74, 6) is -2.64. The summed E-state index contributed by atoms with van der Waals surface area (Å²) in [6.07, 6.45) is -0.398.